The van der Waals surface area contributed by atoms with Crippen LogP contribution in [0.25, 0.3) is 0 Å². The van der Waals surface area contributed by atoms with Gasteiger partial charge >= 0.3 is 0 Å². The van der Waals surface area contributed by atoms with Gasteiger partial charge in [0.1, 0.15) is 11.6 Å². The molecule has 1 atom stereocenters. The number of carbonyl (C=O) groups is 1. The number of ether oxygens (including phenoxy) is 1. The van der Waals surface area contributed by atoms with Crippen LogP contribution in [0.2, 0.25) is 0 Å². The van der Waals surface area contributed by atoms with Crippen molar-refractivity contribution in [3.05, 3.63) is 59.9 Å². The molecule has 1 amide bonds. The van der Waals surface area contributed by atoms with E-state index >= 15 is 0 Å². The van der Waals surface area contributed by atoms with Crippen molar-refractivity contribution < 1.29 is 13.9 Å². The molecule has 1 unspecified atom stereocenters. The normalized spacial score (nSPS) is 16.8. The Balaban J connectivity index is 1.68. The highest BCUT2D eigenvalue weighted by molar-refractivity contribution is 5.82. The number of benzene rings is 2. The molecule has 3 rings (SSSR count). The highest BCUT2D eigenvalue weighted by atomic mass is 19.1. The Morgan fingerprint density at radius 1 is 1.20 bits per heavy atom. The Hall–Kier alpha value is -2.56. The predicted molar refractivity (Wildman–Crippen MR) is 96.4 cm³/mol. The summed E-state index contributed by atoms with van der Waals surface area (Å²) in [6.45, 7) is 1.05. The van der Waals surface area contributed by atoms with E-state index in [1.54, 1.807) is 19.2 Å². The minimum Gasteiger partial charge on any atom is -0.497 e. The fraction of sp³-hybridized carbons (Fsp3) is 0.350. The van der Waals surface area contributed by atoms with Crippen molar-refractivity contribution in [2.24, 2.45) is 0 Å². The molecule has 1 aliphatic rings. The van der Waals surface area contributed by atoms with Crippen LogP contribution in [-0.4, -0.2) is 38.1 Å². The first-order valence-electron chi connectivity index (χ1n) is 8.48. The standard InChI is InChI=1S/C20H23FN2O2/c1-22(17-9-7-16(21)8-10-17)14-20(24)23-13-3-4-19(23)15-5-11-18(25-2)12-6-15/h5-12,19H,3-4,13-14H2,1-2H3. The highest BCUT2D eigenvalue weighted by Crippen LogP contribution is 2.33. The van der Waals surface area contributed by atoms with Crippen LogP contribution in [-0.2, 0) is 4.79 Å². The summed E-state index contributed by atoms with van der Waals surface area (Å²) in [5.41, 5.74) is 1.96. The topological polar surface area (TPSA) is 32.8 Å². The third-order valence-electron chi connectivity index (χ3n) is 4.71. The third kappa shape index (κ3) is 3.92. The third-order valence-corrected chi connectivity index (χ3v) is 4.71. The molecular formula is C20H23FN2O2. The van der Waals surface area contributed by atoms with Gasteiger partial charge in [-0.3, -0.25) is 4.79 Å². The first-order valence-corrected chi connectivity index (χ1v) is 8.48. The van der Waals surface area contributed by atoms with E-state index in [2.05, 4.69) is 0 Å². The van der Waals surface area contributed by atoms with Crippen LogP contribution in [0.1, 0.15) is 24.4 Å². The number of hydrogen-bond acceptors (Lipinski definition) is 3. The second kappa shape index (κ2) is 7.55. The van der Waals surface area contributed by atoms with Crippen molar-refractivity contribution in [3.63, 3.8) is 0 Å². The molecule has 0 spiro atoms. The molecule has 1 saturated heterocycles. The molecule has 0 N–H and O–H groups in total. The van der Waals surface area contributed by atoms with Crippen molar-refractivity contribution in [1.82, 2.24) is 4.90 Å². The Morgan fingerprint density at radius 3 is 2.52 bits per heavy atom. The molecule has 1 heterocycles. The second-order valence-electron chi connectivity index (χ2n) is 6.35. The van der Waals surface area contributed by atoms with E-state index in [0.717, 1.165) is 36.4 Å². The minimum atomic E-state index is -0.275. The Kier molecular flexibility index (Phi) is 5.22. The number of carbonyl (C=O) groups excluding carboxylic acids is 1. The number of likely N-dealkylation sites (N-methyl/N-ethyl adjacent to an activating group) is 1. The van der Waals surface area contributed by atoms with Gasteiger partial charge < -0.3 is 14.5 Å². The molecule has 0 radical (unpaired) electrons. The molecule has 2 aromatic carbocycles. The maximum atomic E-state index is 13.0. The number of likely N-dealkylation sites (tertiary alicyclic amines) is 1. The van der Waals surface area contributed by atoms with Gasteiger partial charge in [-0.15, -0.1) is 0 Å². The van der Waals surface area contributed by atoms with Crippen molar-refractivity contribution >= 4 is 11.6 Å². The molecule has 0 aliphatic carbocycles. The van der Waals surface area contributed by atoms with Gasteiger partial charge in [-0.25, -0.2) is 4.39 Å². The number of halogens is 1. The van der Waals surface area contributed by atoms with E-state index in [9.17, 15) is 9.18 Å². The smallest absolute Gasteiger partial charge is 0.242 e. The molecule has 0 bridgehead atoms. The van der Waals surface area contributed by atoms with E-state index < -0.39 is 0 Å². The number of amides is 1. The van der Waals surface area contributed by atoms with Gasteiger partial charge in [0.15, 0.2) is 0 Å². The van der Waals surface area contributed by atoms with Crippen molar-refractivity contribution in [3.8, 4) is 5.75 Å². The molecule has 5 heteroatoms. The van der Waals surface area contributed by atoms with E-state index in [1.165, 1.54) is 12.1 Å². The number of methoxy groups -OCH3 is 1. The molecule has 0 saturated carbocycles. The van der Waals surface area contributed by atoms with Crippen LogP contribution in [0.5, 0.6) is 5.75 Å². The second-order valence-corrected chi connectivity index (χ2v) is 6.35. The first-order chi connectivity index (χ1) is 12.1. The maximum absolute atomic E-state index is 13.0. The largest absolute Gasteiger partial charge is 0.497 e. The fourth-order valence-corrected chi connectivity index (χ4v) is 3.32. The zero-order chi connectivity index (χ0) is 17.8. The van der Waals surface area contributed by atoms with Crippen molar-refractivity contribution in [2.45, 2.75) is 18.9 Å². The van der Waals surface area contributed by atoms with Crippen LogP contribution in [0.3, 0.4) is 0 Å². The molecule has 2 aromatic rings. The van der Waals surface area contributed by atoms with Gasteiger partial charge in [-0.2, -0.15) is 0 Å². The summed E-state index contributed by atoms with van der Waals surface area (Å²) in [5, 5.41) is 0. The molecule has 1 aliphatic heterocycles. The van der Waals surface area contributed by atoms with E-state index in [1.807, 2.05) is 41.1 Å². The summed E-state index contributed by atoms with van der Waals surface area (Å²) in [6, 6.07) is 14.2. The summed E-state index contributed by atoms with van der Waals surface area (Å²) in [4.78, 5) is 16.6. The average molecular weight is 342 g/mol. The monoisotopic (exact) mass is 342 g/mol. The zero-order valence-corrected chi connectivity index (χ0v) is 14.6. The highest BCUT2D eigenvalue weighted by Gasteiger charge is 2.30. The molecular weight excluding hydrogens is 319 g/mol. The minimum absolute atomic E-state index is 0.0881. The number of rotatable bonds is 5. The van der Waals surface area contributed by atoms with Crippen molar-refractivity contribution in [2.75, 3.05) is 32.1 Å². The lowest BCUT2D eigenvalue weighted by atomic mass is 10.0. The summed E-state index contributed by atoms with van der Waals surface area (Å²) in [6.07, 6.45) is 1.97. The van der Waals surface area contributed by atoms with E-state index in [0.29, 0.717) is 0 Å². The summed E-state index contributed by atoms with van der Waals surface area (Å²) < 4.78 is 18.3. The lowest BCUT2D eigenvalue weighted by Crippen LogP contribution is -2.38. The maximum Gasteiger partial charge on any atom is 0.242 e. The summed E-state index contributed by atoms with van der Waals surface area (Å²) in [5.74, 6) is 0.628. The first kappa shape index (κ1) is 17.3. The quantitative estimate of drug-likeness (QED) is 0.832. The predicted octanol–water partition coefficient (Wildman–Crippen LogP) is 3.63. The van der Waals surface area contributed by atoms with Gasteiger partial charge in [-0.1, -0.05) is 12.1 Å². The molecule has 132 valence electrons. The van der Waals surface area contributed by atoms with Crippen LogP contribution in [0.4, 0.5) is 10.1 Å². The Labute approximate surface area is 147 Å². The van der Waals surface area contributed by atoms with Gasteiger partial charge in [0.05, 0.1) is 19.7 Å². The van der Waals surface area contributed by atoms with E-state index in [4.69, 9.17) is 4.74 Å². The lowest BCUT2D eigenvalue weighted by Gasteiger charge is -2.28. The molecule has 1 fully saturated rings. The molecule has 0 aromatic heterocycles. The van der Waals surface area contributed by atoms with Gasteiger partial charge in [-0.05, 0) is 54.8 Å². The molecule has 25 heavy (non-hydrogen) atoms. The summed E-state index contributed by atoms with van der Waals surface area (Å²) >= 11 is 0. The van der Waals surface area contributed by atoms with Crippen LogP contribution in [0, 0.1) is 5.82 Å². The van der Waals surface area contributed by atoms with Gasteiger partial charge in [0.2, 0.25) is 5.91 Å². The Morgan fingerprint density at radius 2 is 1.88 bits per heavy atom. The average Bonchev–Trinajstić information content (AvgIpc) is 3.12. The summed E-state index contributed by atoms with van der Waals surface area (Å²) in [7, 11) is 3.50. The SMILES string of the molecule is COc1ccc(C2CCCN2C(=O)CN(C)c2ccc(F)cc2)cc1. The Bertz CT molecular complexity index is 715. The molecule has 4 nitrogen and oxygen atoms in total. The van der Waals surface area contributed by atoms with E-state index in [-0.39, 0.29) is 24.3 Å². The van der Waals surface area contributed by atoms with Crippen molar-refractivity contribution in [1.29, 1.82) is 0 Å². The van der Waals surface area contributed by atoms with Gasteiger partial charge in [0, 0.05) is 19.3 Å². The number of anilines is 1. The lowest BCUT2D eigenvalue weighted by molar-refractivity contribution is -0.130. The van der Waals surface area contributed by atoms with Crippen LogP contribution >= 0.6 is 0 Å². The number of nitrogens with zero attached hydrogens (tertiary/aromatic N) is 2. The van der Waals surface area contributed by atoms with Crippen LogP contribution in [0.15, 0.2) is 48.5 Å². The van der Waals surface area contributed by atoms with Gasteiger partial charge in [0.25, 0.3) is 0 Å². The zero-order valence-electron chi connectivity index (χ0n) is 14.6. The fourth-order valence-electron chi connectivity index (χ4n) is 3.32. The number of hydrogen-bond donors (Lipinski definition) is 0. The van der Waals surface area contributed by atoms with Crippen LogP contribution < -0.4 is 9.64 Å².